The molecule has 9 heteroatoms. The van der Waals surface area contributed by atoms with Crippen LogP contribution in [0.1, 0.15) is 5.56 Å². The van der Waals surface area contributed by atoms with Gasteiger partial charge < -0.3 is 30.3 Å². The predicted molar refractivity (Wildman–Crippen MR) is 134 cm³/mol. The predicted octanol–water partition coefficient (Wildman–Crippen LogP) is 3.11. The molecule has 2 aliphatic rings. The molecule has 176 valence electrons. The van der Waals surface area contributed by atoms with Crippen molar-refractivity contribution >= 4 is 39.1 Å². The van der Waals surface area contributed by atoms with Gasteiger partial charge in [0.1, 0.15) is 12.4 Å². The lowest BCUT2D eigenvalue weighted by atomic mass is 10.2. The summed E-state index contributed by atoms with van der Waals surface area (Å²) in [5, 5.41) is 10.4. The van der Waals surface area contributed by atoms with Crippen LogP contribution in [-0.2, 0) is 9.47 Å². The molecule has 8 nitrogen and oxygen atoms in total. The molecule has 0 spiro atoms. The number of hydrogen-bond acceptors (Lipinski definition) is 9. The van der Waals surface area contributed by atoms with Crippen LogP contribution in [0.15, 0.2) is 41.8 Å². The highest BCUT2D eigenvalue weighted by atomic mass is 32.1. The lowest BCUT2D eigenvalue weighted by Gasteiger charge is -2.29. The Hall–Kier alpha value is -2.72. The summed E-state index contributed by atoms with van der Waals surface area (Å²) in [7, 11) is 0. The van der Waals surface area contributed by atoms with Gasteiger partial charge in [-0.2, -0.15) is 4.98 Å². The summed E-state index contributed by atoms with van der Waals surface area (Å²) in [4.78, 5) is 8.84. The Morgan fingerprint density at radius 1 is 1.03 bits per heavy atom. The maximum atomic E-state index is 7.05. The second-order valence-electron chi connectivity index (χ2n) is 7.85. The molecule has 0 unspecified atom stereocenters. The summed E-state index contributed by atoms with van der Waals surface area (Å²) in [6.07, 6.45) is 1.37. The summed E-state index contributed by atoms with van der Waals surface area (Å²) in [5.74, 6) is 1.08. The van der Waals surface area contributed by atoms with Gasteiger partial charge in [-0.15, -0.1) is 11.3 Å². The molecule has 0 saturated carbocycles. The van der Waals surface area contributed by atoms with Crippen molar-refractivity contribution < 1.29 is 14.2 Å². The molecule has 1 aromatic carbocycles. The molecule has 4 heterocycles. The number of anilines is 2. The van der Waals surface area contributed by atoms with E-state index in [1.807, 2.05) is 24.3 Å². The second-order valence-corrected chi connectivity index (χ2v) is 8.80. The summed E-state index contributed by atoms with van der Waals surface area (Å²) in [5.41, 5.74) is 7.93. The van der Waals surface area contributed by atoms with Gasteiger partial charge in [-0.05, 0) is 34.5 Å². The Morgan fingerprint density at radius 2 is 1.79 bits per heavy atom. The van der Waals surface area contributed by atoms with Crippen molar-refractivity contribution in [2.24, 2.45) is 0 Å². The van der Waals surface area contributed by atoms with Gasteiger partial charge >= 0.3 is 0 Å². The van der Waals surface area contributed by atoms with E-state index in [4.69, 9.17) is 25.4 Å². The highest BCUT2D eigenvalue weighted by molar-refractivity contribution is 7.17. The number of benzene rings is 1. The number of nitrogens with one attached hydrogen (secondary N) is 1. The van der Waals surface area contributed by atoms with Gasteiger partial charge in [0.25, 0.3) is 0 Å². The zero-order chi connectivity index (χ0) is 22.9. The number of fused-ring (bicyclic) bond motifs is 1. The number of thiophene rings is 1. The molecule has 3 N–H and O–H groups in total. The van der Waals surface area contributed by atoms with Crippen LogP contribution in [0.5, 0.6) is 5.88 Å². The number of pyridine rings is 1. The maximum absolute atomic E-state index is 7.05. The fourth-order valence-corrected chi connectivity index (χ4v) is 4.54. The third kappa shape index (κ3) is 6.88. The third-order valence-electron chi connectivity index (χ3n) is 5.59. The van der Waals surface area contributed by atoms with Crippen LogP contribution in [0.3, 0.4) is 0 Å². The molecule has 33 heavy (non-hydrogen) atoms. The Kier molecular flexibility index (Phi) is 8.48. The van der Waals surface area contributed by atoms with Gasteiger partial charge in [-0.3, -0.25) is 4.90 Å². The molecular formula is C24H31N5O3S. The van der Waals surface area contributed by atoms with E-state index in [-0.39, 0.29) is 0 Å². The second kappa shape index (κ2) is 11.9. The molecule has 0 bridgehead atoms. The SMILES string of the molecule is N=Cc1ccc2sccc2c1.Nc1cc(N2CCOCC2)cc(OCCN2CCOCC2)n1. The zero-order valence-corrected chi connectivity index (χ0v) is 19.6. The monoisotopic (exact) mass is 469 g/mol. The van der Waals surface area contributed by atoms with Crippen LogP contribution < -0.4 is 15.4 Å². The normalized spacial score (nSPS) is 16.8. The van der Waals surface area contributed by atoms with E-state index in [2.05, 4.69) is 32.3 Å². The van der Waals surface area contributed by atoms with Gasteiger partial charge in [0, 0.05) is 61.5 Å². The minimum Gasteiger partial charge on any atom is -0.476 e. The molecule has 0 radical (unpaired) electrons. The molecule has 0 amide bonds. The topological polar surface area (TPSA) is 96.9 Å². The number of nitrogens with zero attached hydrogens (tertiary/aromatic N) is 3. The fourth-order valence-electron chi connectivity index (χ4n) is 3.77. The first kappa shape index (κ1) is 23.4. The van der Waals surface area contributed by atoms with E-state index < -0.39 is 0 Å². The summed E-state index contributed by atoms with van der Waals surface area (Å²) in [6, 6.07) is 12.0. The minimum atomic E-state index is 0.491. The van der Waals surface area contributed by atoms with Crippen LogP contribution >= 0.6 is 11.3 Å². The number of aromatic nitrogens is 1. The zero-order valence-electron chi connectivity index (χ0n) is 18.7. The van der Waals surface area contributed by atoms with Crippen LogP contribution in [0.2, 0.25) is 0 Å². The van der Waals surface area contributed by atoms with Crippen molar-refractivity contribution in [2.75, 3.05) is 76.4 Å². The molecule has 2 saturated heterocycles. The maximum Gasteiger partial charge on any atom is 0.217 e. The average molecular weight is 470 g/mol. The van der Waals surface area contributed by atoms with Gasteiger partial charge in [-0.1, -0.05) is 6.07 Å². The van der Waals surface area contributed by atoms with Crippen LogP contribution in [0, 0.1) is 5.41 Å². The summed E-state index contributed by atoms with van der Waals surface area (Å²) < 4.78 is 17.8. The third-order valence-corrected chi connectivity index (χ3v) is 6.48. The quantitative estimate of drug-likeness (QED) is 0.536. The van der Waals surface area contributed by atoms with E-state index in [0.717, 1.165) is 70.4 Å². The molecule has 2 fully saturated rings. The molecule has 0 atom stereocenters. The van der Waals surface area contributed by atoms with E-state index in [1.54, 1.807) is 11.3 Å². The number of nitrogens with two attached hydrogens (primary N) is 1. The van der Waals surface area contributed by atoms with Crippen molar-refractivity contribution in [3.05, 3.63) is 47.3 Å². The molecule has 2 aromatic heterocycles. The Labute approximate surface area is 198 Å². The molecule has 0 aliphatic carbocycles. The van der Waals surface area contributed by atoms with Crippen molar-refractivity contribution in [3.8, 4) is 5.88 Å². The molecule has 5 rings (SSSR count). The molecular weight excluding hydrogens is 438 g/mol. The van der Waals surface area contributed by atoms with Crippen molar-refractivity contribution in [3.63, 3.8) is 0 Å². The average Bonchev–Trinajstić information content (AvgIpc) is 3.33. The van der Waals surface area contributed by atoms with Crippen LogP contribution in [0.25, 0.3) is 10.1 Å². The smallest absolute Gasteiger partial charge is 0.217 e. The number of hydrogen-bond donors (Lipinski definition) is 2. The van der Waals surface area contributed by atoms with Crippen LogP contribution in [-0.4, -0.2) is 81.9 Å². The first-order valence-electron chi connectivity index (χ1n) is 11.2. The van der Waals surface area contributed by atoms with Crippen molar-refractivity contribution in [1.29, 1.82) is 5.41 Å². The lowest BCUT2D eigenvalue weighted by Crippen LogP contribution is -2.38. The van der Waals surface area contributed by atoms with Gasteiger partial charge in [0.15, 0.2) is 0 Å². The van der Waals surface area contributed by atoms with Crippen LogP contribution in [0.4, 0.5) is 11.5 Å². The minimum absolute atomic E-state index is 0.491. The van der Waals surface area contributed by atoms with Gasteiger partial charge in [0.2, 0.25) is 5.88 Å². The van der Waals surface area contributed by atoms with E-state index in [9.17, 15) is 0 Å². The number of rotatable bonds is 6. The van der Waals surface area contributed by atoms with Crippen molar-refractivity contribution in [2.45, 2.75) is 0 Å². The standard InChI is InChI=1S/C15H24N4O3.C9H7NS/c16-14-11-13(19-4-8-21-9-5-19)12-15(17-14)22-10-3-18-1-6-20-7-2-18;10-6-7-1-2-9-8(5-7)3-4-11-9/h11-12H,1-10H2,(H2,16,17);1-6,10H. The number of ether oxygens (including phenoxy) is 3. The lowest BCUT2D eigenvalue weighted by molar-refractivity contribution is 0.0320. The van der Waals surface area contributed by atoms with E-state index in [1.165, 1.54) is 16.3 Å². The summed E-state index contributed by atoms with van der Waals surface area (Å²) >= 11 is 1.73. The van der Waals surface area contributed by atoms with Gasteiger partial charge in [0.05, 0.1) is 26.4 Å². The molecule has 2 aliphatic heterocycles. The van der Waals surface area contributed by atoms with E-state index in [0.29, 0.717) is 18.3 Å². The van der Waals surface area contributed by atoms with E-state index >= 15 is 0 Å². The van der Waals surface area contributed by atoms with Gasteiger partial charge in [-0.25, -0.2) is 0 Å². The number of morpholine rings is 2. The summed E-state index contributed by atoms with van der Waals surface area (Å²) in [6.45, 7) is 8.26. The number of nitrogen functional groups attached to an aromatic ring is 1. The first-order valence-corrected chi connectivity index (χ1v) is 12.1. The Morgan fingerprint density at radius 3 is 2.55 bits per heavy atom. The highest BCUT2D eigenvalue weighted by Gasteiger charge is 2.14. The Bertz CT molecular complexity index is 1030. The largest absolute Gasteiger partial charge is 0.476 e. The Balaban J connectivity index is 0.000000196. The highest BCUT2D eigenvalue weighted by Crippen LogP contribution is 2.23. The fraction of sp³-hybridized carbons (Fsp3) is 0.417. The van der Waals surface area contributed by atoms with Crippen molar-refractivity contribution in [1.82, 2.24) is 9.88 Å². The first-order chi connectivity index (χ1) is 16.2. The molecule has 3 aromatic rings.